The molecule has 0 aliphatic heterocycles. The average molecular weight is 149 g/mol. The number of nitrogens with two attached hydrogens (primary N) is 1. The van der Waals surface area contributed by atoms with E-state index < -0.39 is 0 Å². The standard InChI is InChI=1S/C9H8FN/c10-9-6-2-1-4-8(9)5-3-7-11/h1-2,4,6H,7,11H2. The predicted molar refractivity (Wildman–Crippen MR) is 42.3 cm³/mol. The van der Waals surface area contributed by atoms with E-state index in [1.165, 1.54) is 6.07 Å². The molecular formula is C9H8FN. The normalized spacial score (nSPS) is 8.55. The Balaban J connectivity index is 2.95. The Kier molecular flexibility index (Phi) is 2.65. The number of halogens is 1. The summed E-state index contributed by atoms with van der Waals surface area (Å²) in [4.78, 5) is 0. The van der Waals surface area contributed by atoms with Crippen molar-refractivity contribution in [1.82, 2.24) is 0 Å². The lowest BCUT2D eigenvalue weighted by molar-refractivity contribution is 0.624. The van der Waals surface area contributed by atoms with Gasteiger partial charge in [0.15, 0.2) is 0 Å². The van der Waals surface area contributed by atoms with Gasteiger partial charge in [-0.1, -0.05) is 24.0 Å². The molecule has 0 bridgehead atoms. The summed E-state index contributed by atoms with van der Waals surface area (Å²) in [5.74, 6) is 4.91. The van der Waals surface area contributed by atoms with E-state index in [9.17, 15) is 4.39 Å². The first-order valence-electron chi connectivity index (χ1n) is 3.28. The molecule has 0 radical (unpaired) electrons. The highest BCUT2D eigenvalue weighted by molar-refractivity contribution is 5.35. The Morgan fingerprint density at radius 3 is 2.73 bits per heavy atom. The predicted octanol–water partition coefficient (Wildman–Crippen LogP) is 1.14. The first kappa shape index (κ1) is 7.77. The Morgan fingerprint density at radius 2 is 2.09 bits per heavy atom. The average Bonchev–Trinajstić information content (AvgIpc) is 2.03. The zero-order chi connectivity index (χ0) is 8.10. The zero-order valence-corrected chi connectivity index (χ0v) is 5.97. The van der Waals surface area contributed by atoms with Crippen LogP contribution in [0.25, 0.3) is 0 Å². The second-order valence-electron chi connectivity index (χ2n) is 1.99. The summed E-state index contributed by atoms with van der Waals surface area (Å²) in [6.45, 7) is 0.258. The van der Waals surface area contributed by atoms with Crippen molar-refractivity contribution in [2.24, 2.45) is 5.73 Å². The molecular weight excluding hydrogens is 141 g/mol. The van der Waals surface area contributed by atoms with Crippen LogP contribution in [-0.2, 0) is 0 Å². The number of hydrogen-bond acceptors (Lipinski definition) is 1. The van der Waals surface area contributed by atoms with Gasteiger partial charge >= 0.3 is 0 Å². The molecule has 0 heterocycles. The SMILES string of the molecule is NCC#Cc1ccccc1F. The Bertz CT molecular complexity index is 296. The lowest BCUT2D eigenvalue weighted by Crippen LogP contribution is -1.93. The van der Waals surface area contributed by atoms with Crippen molar-refractivity contribution in [3.8, 4) is 11.8 Å². The minimum absolute atomic E-state index is 0.258. The topological polar surface area (TPSA) is 26.0 Å². The molecule has 0 unspecified atom stereocenters. The second-order valence-corrected chi connectivity index (χ2v) is 1.99. The Labute approximate surface area is 65.0 Å². The highest BCUT2D eigenvalue weighted by atomic mass is 19.1. The van der Waals surface area contributed by atoms with Gasteiger partial charge in [-0.25, -0.2) is 4.39 Å². The van der Waals surface area contributed by atoms with Gasteiger partial charge in [0.1, 0.15) is 5.82 Å². The summed E-state index contributed by atoms with van der Waals surface area (Å²) in [5.41, 5.74) is 5.53. The van der Waals surface area contributed by atoms with Crippen molar-refractivity contribution in [3.63, 3.8) is 0 Å². The lowest BCUT2D eigenvalue weighted by Gasteiger charge is -1.90. The van der Waals surface area contributed by atoms with Gasteiger partial charge < -0.3 is 5.73 Å². The monoisotopic (exact) mass is 149 g/mol. The van der Waals surface area contributed by atoms with Crippen LogP contribution >= 0.6 is 0 Å². The van der Waals surface area contributed by atoms with Crippen LogP contribution in [0.15, 0.2) is 24.3 Å². The van der Waals surface area contributed by atoms with Crippen LogP contribution in [0.2, 0.25) is 0 Å². The molecule has 2 N–H and O–H groups in total. The van der Waals surface area contributed by atoms with Crippen molar-refractivity contribution < 1.29 is 4.39 Å². The Hall–Kier alpha value is -1.33. The summed E-state index contributed by atoms with van der Waals surface area (Å²) in [6.07, 6.45) is 0. The Morgan fingerprint density at radius 1 is 1.36 bits per heavy atom. The maximum absolute atomic E-state index is 12.8. The van der Waals surface area contributed by atoms with Gasteiger partial charge in [-0.15, -0.1) is 0 Å². The van der Waals surface area contributed by atoms with Gasteiger partial charge in [-0.05, 0) is 12.1 Å². The smallest absolute Gasteiger partial charge is 0.138 e. The molecule has 0 saturated heterocycles. The summed E-state index contributed by atoms with van der Waals surface area (Å²) in [7, 11) is 0. The molecule has 0 amide bonds. The zero-order valence-electron chi connectivity index (χ0n) is 5.97. The van der Waals surface area contributed by atoms with Crippen LogP contribution in [0.1, 0.15) is 5.56 Å². The molecule has 0 atom stereocenters. The third-order valence-electron chi connectivity index (χ3n) is 1.20. The van der Waals surface area contributed by atoms with Crippen LogP contribution < -0.4 is 5.73 Å². The molecule has 1 aromatic rings. The van der Waals surface area contributed by atoms with Gasteiger partial charge in [-0.3, -0.25) is 0 Å². The van der Waals surface area contributed by atoms with E-state index in [1.807, 2.05) is 0 Å². The summed E-state index contributed by atoms with van der Waals surface area (Å²) < 4.78 is 12.8. The summed E-state index contributed by atoms with van der Waals surface area (Å²) >= 11 is 0. The number of rotatable bonds is 0. The molecule has 2 heteroatoms. The third-order valence-corrected chi connectivity index (χ3v) is 1.20. The largest absolute Gasteiger partial charge is 0.320 e. The van der Waals surface area contributed by atoms with Crippen molar-refractivity contribution >= 4 is 0 Å². The van der Waals surface area contributed by atoms with Crippen LogP contribution in [0.3, 0.4) is 0 Å². The molecule has 0 spiro atoms. The van der Waals surface area contributed by atoms with E-state index in [1.54, 1.807) is 18.2 Å². The van der Waals surface area contributed by atoms with E-state index >= 15 is 0 Å². The molecule has 11 heavy (non-hydrogen) atoms. The fraction of sp³-hybridized carbons (Fsp3) is 0.111. The highest BCUT2D eigenvalue weighted by Crippen LogP contribution is 2.03. The van der Waals surface area contributed by atoms with E-state index in [2.05, 4.69) is 11.8 Å². The van der Waals surface area contributed by atoms with Gasteiger partial charge in [0.05, 0.1) is 12.1 Å². The highest BCUT2D eigenvalue weighted by Gasteiger charge is 1.93. The van der Waals surface area contributed by atoms with Crippen LogP contribution in [0.4, 0.5) is 4.39 Å². The first-order chi connectivity index (χ1) is 5.34. The molecule has 1 aromatic carbocycles. The summed E-state index contributed by atoms with van der Waals surface area (Å²) in [5, 5.41) is 0. The molecule has 0 saturated carbocycles. The molecule has 1 rings (SSSR count). The quantitative estimate of drug-likeness (QED) is 0.550. The fourth-order valence-corrected chi connectivity index (χ4v) is 0.709. The molecule has 0 fully saturated rings. The van der Waals surface area contributed by atoms with E-state index in [-0.39, 0.29) is 12.4 Å². The van der Waals surface area contributed by atoms with Crippen LogP contribution in [0, 0.1) is 17.7 Å². The minimum Gasteiger partial charge on any atom is -0.320 e. The maximum atomic E-state index is 12.8. The first-order valence-corrected chi connectivity index (χ1v) is 3.28. The lowest BCUT2D eigenvalue weighted by atomic mass is 10.2. The van der Waals surface area contributed by atoms with E-state index in [0.717, 1.165) is 0 Å². The third kappa shape index (κ3) is 2.06. The maximum Gasteiger partial charge on any atom is 0.138 e. The van der Waals surface area contributed by atoms with Crippen molar-refractivity contribution in [2.45, 2.75) is 0 Å². The summed E-state index contributed by atoms with van der Waals surface area (Å²) in [6, 6.07) is 6.37. The molecule has 56 valence electrons. The minimum atomic E-state index is -0.298. The molecule has 1 nitrogen and oxygen atoms in total. The van der Waals surface area contributed by atoms with Gasteiger partial charge in [-0.2, -0.15) is 0 Å². The van der Waals surface area contributed by atoms with Crippen molar-refractivity contribution in [2.75, 3.05) is 6.54 Å². The van der Waals surface area contributed by atoms with Gasteiger partial charge in [0.25, 0.3) is 0 Å². The van der Waals surface area contributed by atoms with Crippen LogP contribution in [0.5, 0.6) is 0 Å². The number of hydrogen-bond donors (Lipinski definition) is 1. The van der Waals surface area contributed by atoms with Crippen molar-refractivity contribution in [1.29, 1.82) is 0 Å². The second kappa shape index (κ2) is 3.75. The van der Waals surface area contributed by atoms with Gasteiger partial charge in [0, 0.05) is 0 Å². The van der Waals surface area contributed by atoms with Crippen molar-refractivity contribution in [3.05, 3.63) is 35.6 Å². The number of benzene rings is 1. The fourth-order valence-electron chi connectivity index (χ4n) is 0.709. The van der Waals surface area contributed by atoms with Crippen LogP contribution in [-0.4, -0.2) is 6.54 Å². The molecule has 0 aromatic heterocycles. The molecule has 0 aliphatic rings. The van der Waals surface area contributed by atoms with Gasteiger partial charge in [0.2, 0.25) is 0 Å². The molecule has 0 aliphatic carbocycles. The van der Waals surface area contributed by atoms with E-state index in [4.69, 9.17) is 5.73 Å². The van der Waals surface area contributed by atoms with E-state index in [0.29, 0.717) is 5.56 Å².